The molecule has 1 aromatic rings. The van der Waals surface area contributed by atoms with Crippen molar-refractivity contribution >= 4 is 23.3 Å². The lowest BCUT2D eigenvalue weighted by Gasteiger charge is -2.13. The number of carboxylic acid groups (broad SMARTS) is 1. The number of hydrogen-bond donors (Lipinski definition) is 4. The topological polar surface area (TPSA) is 112 Å². The number of nitrogens with one attached hydrogen (secondary N) is 2. The van der Waals surface area contributed by atoms with E-state index in [4.69, 9.17) is 10.2 Å². The van der Waals surface area contributed by atoms with Crippen LogP contribution in [0.5, 0.6) is 0 Å². The van der Waals surface area contributed by atoms with Crippen LogP contribution in [0, 0.1) is 6.92 Å². The number of carbonyl (C=O) groups excluding carboxylic acids is 1. The Bertz CT molecular complexity index is 421. The van der Waals surface area contributed by atoms with Crippen molar-refractivity contribution in [3.8, 4) is 0 Å². The molecule has 4 N–H and O–H groups in total. The lowest BCUT2D eigenvalue weighted by Crippen LogP contribution is -2.46. The van der Waals surface area contributed by atoms with E-state index in [0.717, 1.165) is 10.7 Å². The lowest BCUT2D eigenvalue weighted by molar-refractivity contribution is -0.139. The zero-order valence-corrected chi connectivity index (χ0v) is 10.7. The molecule has 1 atom stereocenters. The molecule has 0 saturated heterocycles. The first-order valence-electron chi connectivity index (χ1n) is 5.32. The summed E-state index contributed by atoms with van der Waals surface area (Å²) in [6.07, 6.45) is -0.0292. The molecule has 0 saturated carbocycles. The first-order valence-corrected chi connectivity index (χ1v) is 6.20. The Balaban J connectivity index is 2.38. The van der Waals surface area contributed by atoms with Crippen LogP contribution in [-0.2, 0) is 11.3 Å². The first-order chi connectivity index (χ1) is 8.52. The Morgan fingerprint density at radius 3 is 2.78 bits per heavy atom. The van der Waals surface area contributed by atoms with Crippen LogP contribution >= 0.6 is 11.3 Å². The van der Waals surface area contributed by atoms with Crippen LogP contribution in [0.2, 0.25) is 0 Å². The maximum Gasteiger partial charge on any atom is 0.326 e. The fourth-order valence-electron chi connectivity index (χ4n) is 1.26. The maximum atomic E-state index is 11.4. The summed E-state index contributed by atoms with van der Waals surface area (Å²) < 4.78 is 0. The van der Waals surface area contributed by atoms with Crippen molar-refractivity contribution in [1.82, 2.24) is 15.6 Å². The Kier molecular flexibility index (Phi) is 5.53. The van der Waals surface area contributed by atoms with Crippen molar-refractivity contribution in [2.24, 2.45) is 0 Å². The number of nitrogens with zero attached hydrogens (tertiary/aromatic N) is 1. The molecule has 0 spiro atoms. The maximum absolute atomic E-state index is 11.4. The number of amides is 2. The van der Waals surface area contributed by atoms with Crippen LogP contribution in [0.15, 0.2) is 5.38 Å². The lowest BCUT2D eigenvalue weighted by atomic mass is 10.2. The third kappa shape index (κ3) is 4.68. The van der Waals surface area contributed by atoms with Gasteiger partial charge in [0.2, 0.25) is 0 Å². The van der Waals surface area contributed by atoms with Crippen LogP contribution in [0.25, 0.3) is 0 Å². The SMILES string of the molecule is Cc1nc(CNC(=O)NC(CCO)C(=O)O)cs1. The number of hydrogen-bond acceptors (Lipinski definition) is 5. The van der Waals surface area contributed by atoms with E-state index < -0.39 is 18.0 Å². The first kappa shape index (κ1) is 14.4. The van der Waals surface area contributed by atoms with Crippen molar-refractivity contribution in [1.29, 1.82) is 0 Å². The molecule has 0 aromatic carbocycles. The number of aliphatic hydroxyl groups excluding tert-OH is 1. The number of aliphatic carboxylic acids is 1. The molecule has 8 heteroatoms. The van der Waals surface area contributed by atoms with Crippen molar-refractivity contribution in [3.63, 3.8) is 0 Å². The van der Waals surface area contributed by atoms with E-state index in [0.29, 0.717) is 0 Å². The molecule has 7 nitrogen and oxygen atoms in total. The minimum atomic E-state index is -1.18. The summed E-state index contributed by atoms with van der Waals surface area (Å²) in [5, 5.41) is 24.9. The number of aromatic nitrogens is 1. The van der Waals surface area contributed by atoms with E-state index >= 15 is 0 Å². The van der Waals surface area contributed by atoms with E-state index in [2.05, 4.69) is 15.6 Å². The van der Waals surface area contributed by atoms with Gasteiger partial charge < -0.3 is 20.8 Å². The highest BCUT2D eigenvalue weighted by molar-refractivity contribution is 7.09. The van der Waals surface area contributed by atoms with Gasteiger partial charge in [-0.1, -0.05) is 0 Å². The molecule has 100 valence electrons. The minimum Gasteiger partial charge on any atom is -0.480 e. The van der Waals surface area contributed by atoms with Gasteiger partial charge in [0.05, 0.1) is 17.2 Å². The minimum absolute atomic E-state index is 0.0292. The molecule has 1 aromatic heterocycles. The largest absolute Gasteiger partial charge is 0.480 e. The molecule has 0 aliphatic carbocycles. The van der Waals surface area contributed by atoms with E-state index in [9.17, 15) is 9.59 Å². The van der Waals surface area contributed by atoms with Crippen molar-refractivity contribution in [3.05, 3.63) is 16.1 Å². The van der Waals surface area contributed by atoms with E-state index in [1.165, 1.54) is 11.3 Å². The fraction of sp³-hybridized carbons (Fsp3) is 0.500. The molecule has 0 radical (unpaired) electrons. The van der Waals surface area contributed by atoms with Crippen LogP contribution < -0.4 is 10.6 Å². The molecule has 0 aliphatic rings. The van der Waals surface area contributed by atoms with Gasteiger partial charge in [0.1, 0.15) is 6.04 Å². The van der Waals surface area contributed by atoms with Crippen LogP contribution in [-0.4, -0.2) is 39.8 Å². The molecule has 0 fully saturated rings. The molecule has 0 aliphatic heterocycles. The summed E-state index contributed by atoms with van der Waals surface area (Å²) in [4.78, 5) is 26.3. The van der Waals surface area contributed by atoms with Gasteiger partial charge in [0.25, 0.3) is 0 Å². The number of carboxylic acids is 1. The predicted molar refractivity (Wildman–Crippen MR) is 65.3 cm³/mol. The molecule has 2 amide bonds. The van der Waals surface area contributed by atoms with Gasteiger partial charge in [0.15, 0.2) is 0 Å². The van der Waals surface area contributed by atoms with Crippen molar-refractivity contribution in [2.45, 2.75) is 25.9 Å². The average molecular weight is 273 g/mol. The van der Waals surface area contributed by atoms with Crippen molar-refractivity contribution in [2.75, 3.05) is 6.61 Å². The van der Waals surface area contributed by atoms with E-state index in [1.54, 1.807) is 0 Å². The Hall–Kier alpha value is -1.67. The van der Waals surface area contributed by atoms with Gasteiger partial charge in [0, 0.05) is 18.4 Å². The summed E-state index contributed by atoms with van der Waals surface area (Å²) in [5.41, 5.74) is 0.724. The summed E-state index contributed by atoms with van der Waals surface area (Å²) >= 11 is 1.47. The highest BCUT2D eigenvalue weighted by atomic mass is 32.1. The number of rotatable bonds is 6. The number of carbonyl (C=O) groups is 2. The van der Waals surface area contributed by atoms with Gasteiger partial charge in [-0.3, -0.25) is 0 Å². The smallest absolute Gasteiger partial charge is 0.326 e. The standard InChI is InChI=1S/C10H15N3O4S/c1-6-12-7(5-18-6)4-11-10(17)13-8(2-3-14)9(15)16/h5,8,14H,2-4H2,1H3,(H,15,16)(H2,11,13,17). The highest BCUT2D eigenvalue weighted by Gasteiger charge is 2.18. The highest BCUT2D eigenvalue weighted by Crippen LogP contribution is 2.07. The average Bonchev–Trinajstić information content (AvgIpc) is 2.72. The summed E-state index contributed by atoms with van der Waals surface area (Å²) in [5.74, 6) is -1.18. The van der Waals surface area contributed by atoms with E-state index in [1.807, 2.05) is 12.3 Å². The molecule has 0 bridgehead atoms. The van der Waals surface area contributed by atoms with Crippen molar-refractivity contribution < 1.29 is 19.8 Å². The van der Waals surface area contributed by atoms with Gasteiger partial charge in [-0.2, -0.15) is 0 Å². The second-order valence-electron chi connectivity index (χ2n) is 3.59. The molecule has 1 heterocycles. The van der Waals surface area contributed by atoms with Crippen LogP contribution in [0.1, 0.15) is 17.1 Å². The van der Waals surface area contributed by atoms with Gasteiger partial charge in [-0.25, -0.2) is 14.6 Å². The predicted octanol–water partition coefficient (Wildman–Crippen LogP) is 0.0863. The van der Waals surface area contributed by atoms with Gasteiger partial charge >= 0.3 is 12.0 Å². The van der Waals surface area contributed by atoms with E-state index in [-0.39, 0.29) is 19.6 Å². The Morgan fingerprint density at radius 2 is 2.28 bits per heavy atom. The third-order valence-corrected chi connectivity index (χ3v) is 2.94. The van der Waals surface area contributed by atoms with Gasteiger partial charge in [-0.05, 0) is 6.92 Å². The molecule has 1 unspecified atom stereocenters. The number of urea groups is 1. The third-order valence-electron chi connectivity index (χ3n) is 2.12. The Morgan fingerprint density at radius 1 is 1.56 bits per heavy atom. The summed E-state index contributed by atoms with van der Waals surface area (Å²) in [6, 6.07) is -1.69. The fourth-order valence-corrected chi connectivity index (χ4v) is 1.87. The van der Waals surface area contributed by atoms with Crippen LogP contribution in [0.3, 0.4) is 0 Å². The quantitative estimate of drug-likeness (QED) is 0.587. The number of aliphatic hydroxyl groups is 1. The second-order valence-corrected chi connectivity index (χ2v) is 4.65. The second kappa shape index (κ2) is 6.92. The summed E-state index contributed by atoms with van der Waals surface area (Å²) in [7, 11) is 0. The Labute approximate surface area is 108 Å². The van der Waals surface area contributed by atoms with Crippen LogP contribution in [0.4, 0.5) is 4.79 Å². The zero-order chi connectivity index (χ0) is 13.5. The number of aryl methyl sites for hydroxylation is 1. The monoisotopic (exact) mass is 273 g/mol. The normalized spacial score (nSPS) is 11.9. The molecular formula is C10H15N3O4S. The van der Waals surface area contributed by atoms with Gasteiger partial charge in [-0.15, -0.1) is 11.3 Å². The molecule has 1 rings (SSSR count). The molecule has 18 heavy (non-hydrogen) atoms. The summed E-state index contributed by atoms with van der Waals surface area (Å²) in [6.45, 7) is 1.79. The number of thiazole rings is 1. The zero-order valence-electron chi connectivity index (χ0n) is 9.84. The molecular weight excluding hydrogens is 258 g/mol.